The van der Waals surface area contributed by atoms with Gasteiger partial charge in [0.1, 0.15) is 12.2 Å². The van der Waals surface area contributed by atoms with E-state index in [2.05, 4.69) is 0 Å². The largest absolute Gasteiger partial charge is 0.479 e. The van der Waals surface area contributed by atoms with E-state index in [1.165, 1.54) is 0 Å². The molecule has 1 aliphatic carbocycles. The summed E-state index contributed by atoms with van der Waals surface area (Å²) in [7, 11) is 0. The fourth-order valence-corrected chi connectivity index (χ4v) is 5.93. The molecule has 1 atom stereocenters. The van der Waals surface area contributed by atoms with E-state index in [1.807, 2.05) is 140 Å². The molecule has 5 aromatic carbocycles. The molecule has 0 saturated carbocycles. The van der Waals surface area contributed by atoms with Gasteiger partial charge in [0, 0.05) is 5.92 Å². The first-order chi connectivity index (χ1) is 20.9. The maximum absolute atomic E-state index is 13.6. The van der Waals surface area contributed by atoms with Gasteiger partial charge in [0.15, 0.2) is 0 Å². The SMILES string of the molecule is N[C@@](COC(c1ccccc1)(c1ccccc1)c1ccccc1)(C(=O)O)C(=O)OCC1c2ccccc2-c2ccccc21. The fraction of sp³-hybridized carbons (Fsp3) is 0.135. The fourth-order valence-electron chi connectivity index (χ4n) is 5.93. The lowest BCUT2D eigenvalue weighted by molar-refractivity contribution is -0.166. The van der Waals surface area contributed by atoms with Gasteiger partial charge in [0.05, 0.1) is 6.61 Å². The molecule has 0 unspecified atom stereocenters. The Morgan fingerprint density at radius 3 is 1.44 bits per heavy atom. The van der Waals surface area contributed by atoms with Gasteiger partial charge < -0.3 is 20.3 Å². The third-order valence-corrected chi connectivity index (χ3v) is 8.15. The summed E-state index contributed by atoms with van der Waals surface area (Å²) in [6, 6.07) is 44.3. The van der Waals surface area contributed by atoms with E-state index in [0.29, 0.717) is 0 Å². The molecular formula is C37H31NO5. The molecule has 0 amide bonds. The number of esters is 1. The van der Waals surface area contributed by atoms with E-state index >= 15 is 0 Å². The molecule has 0 fully saturated rings. The second-order valence-electron chi connectivity index (χ2n) is 10.7. The van der Waals surface area contributed by atoms with Crippen LogP contribution in [0.3, 0.4) is 0 Å². The number of carboxylic acid groups (broad SMARTS) is 1. The Labute approximate surface area is 250 Å². The van der Waals surface area contributed by atoms with Crippen LogP contribution < -0.4 is 5.73 Å². The molecule has 6 heteroatoms. The van der Waals surface area contributed by atoms with Gasteiger partial charge in [-0.3, -0.25) is 0 Å². The van der Waals surface area contributed by atoms with Crippen molar-refractivity contribution in [2.24, 2.45) is 5.73 Å². The number of benzene rings is 5. The van der Waals surface area contributed by atoms with Gasteiger partial charge in [0.2, 0.25) is 5.54 Å². The van der Waals surface area contributed by atoms with Crippen LogP contribution >= 0.6 is 0 Å². The topological polar surface area (TPSA) is 98.9 Å². The monoisotopic (exact) mass is 569 g/mol. The Balaban J connectivity index is 1.33. The molecule has 0 radical (unpaired) electrons. The summed E-state index contributed by atoms with van der Waals surface area (Å²) < 4.78 is 12.3. The third kappa shape index (κ3) is 5.01. The van der Waals surface area contributed by atoms with Crippen molar-refractivity contribution in [2.75, 3.05) is 13.2 Å². The van der Waals surface area contributed by atoms with Crippen molar-refractivity contribution in [3.8, 4) is 11.1 Å². The average Bonchev–Trinajstić information content (AvgIpc) is 3.38. The summed E-state index contributed by atoms with van der Waals surface area (Å²) in [5, 5.41) is 10.3. The lowest BCUT2D eigenvalue weighted by Gasteiger charge is -2.38. The van der Waals surface area contributed by atoms with Crippen LogP contribution in [0.15, 0.2) is 140 Å². The minimum atomic E-state index is -2.47. The minimum Gasteiger partial charge on any atom is -0.479 e. The van der Waals surface area contributed by atoms with Crippen molar-refractivity contribution >= 4 is 11.9 Å². The molecule has 0 aromatic heterocycles. The van der Waals surface area contributed by atoms with Crippen LogP contribution in [0.4, 0.5) is 0 Å². The highest BCUT2D eigenvalue weighted by Gasteiger charge is 2.49. The highest BCUT2D eigenvalue weighted by atomic mass is 16.5. The molecule has 6 rings (SSSR count). The lowest BCUT2D eigenvalue weighted by Crippen LogP contribution is -2.60. The van der Waals surface area contributed by atoms with Crippen molar-refractivity contribution in [1.82, 2.24) is 0 Å². The number of ether oxygens (including phenoxy) is 2. The van der Waals surface area contributed by atoms with E-state index in [0.717, 1.165) is 38.9 Å². The van der Waals surface area contributed by atoms with Crippen molar-refractivity contribution in [2.45, 2.75) is 17.1 Å². The quantitative estimate of drug-likeness (QED) is 0.119. The van der Waals surface area contributed by atoms with Crippen LogP contribution in [0.2, 0.25) is 0 Å². The molecular weight excluding hydrogens is 538 g/mol. The Hall–Kier alpha value is -5.04. The van der Waals surface area contributed by atoms with Crippen LogP contribution in [0.25, 0.3) is 11.1 Å². The van der Waals surface area contributed by atoms with Crippen LogP contribution in [-0.2, 0) is 24.7 Å². The highest BCUT2D eigenvalue weighted by molar-refractivity contribution is 6.04. The number of rotatable bonds is 10. The molecule has 0 aliphatic heterocycles. The molecule has 0 bridgehead atoms. The molecule has 6 nitrogen and oxygen atoms in total. The number of aliphatic carboxylic acids is 1. The van der Waals surface area contributed by atoms with Gasteiger partial charge in [-0.1, -0.05) is 140 Å². The Morgan fingerprint density at radius 1 is 0.628 bits per heavy atom. The maximum atomic E-state index is 13.6. The second kappa shape index (κ2) is 11.7. The van der Waals surface area contributed by atoms with Gasteiger partial charge in [-0.15, -0.1) is 0 Å². The molecule has 0 heterocycles. The standard InChI is InChI=1S/C37H31NO5/c38-36(34(39)40,35(41)42-24-33-31-22-12-10-20-29(31)30-21-11-13-23-32(30)33)25-43-37(26-14-4-1-5-15-26,27-16-6-2-7-17-27)28-18-8-3-9-19-28/h1-23,33H,24-25,38H2,(H,39,40)/t36-/m0/s1. The third-order valence-electron chi connectivity index (χ3n) is 8.15. The summed E-state index contributed by atoms with van der Waals surface area (Å²) in [6.45, 7) is -0.696. The summed E-state index contributed by atoms with van der Waals surface area (Å²) in [5.74, 6) is -2.84. The van der Waals surface area contributed by atoms with Crippen LogP contribution in [-0.4, -0.2) is 35.8 Å². The smallest absolute Gasteiger partial charge is 0.340 e. The van der Waals surface area contributed by atoms with Gasteiger partial charge >= 0.3 is 11.9 Å². The van der Waals surface area contributed by atoms with Crippen molar-refractivity contribution in [3.63, 3.8) is 0 Å². The number of hydrogen-bond donors (Lipinski definition) is 2. The maximum Gasteiger partial charge on any atom is 0.340 e. The van der Waals surface area contributed by atoms with Gasteiger partial charge in [-0.2, -0.15) is 0 Å². The Bertz CT molecular complexity index is 1600. The second-order valence-corrected chi connectivity index (χ2v) is 10.7. The Morgan fingerprint density at radius 2 is 1.02 bits per heavy atom. The van der Waals surface area contributed by atoms with E-state index in [4.69, 9.17) is 15.2 Å². The molecule has 5 aromatic rings. The normalized spacial score (nSPS) is 13.9. The predicted octanol–water partition coefficient (Wildman–Crippen LogP) is 6.13. The number of fused-ring (bicyclic) bond motifs is 3. The van der Waals surface area contributed by atoms with Crippen molar-refractivity contribution in [1.29, 1.82) is 0 Å². The summed E-state index contributed by atoms with van der Waals surface area (Å²) in [5.41, 5.74) is 9.11. The molecule has 0 spiro atoms. The van der Waals surface area contributed by atoms with Gasteiger partial charge in [-0.05, 0) is 38.9 Å². The van der Waals surface area contributed by atoms with E-state index in [1.54, 1.807) is 0 Å². The van der Waals surface area contributed by atoms with E-state index < -0.39 is 29.7 Å². The predicted molar refractivity (Wildman–Crippen MR) is 164 cm³/mol. The number of hydrogen-bond acceptors (Lipinski definition) is 5. The zero-order chi connectivity index (χ0) is 29.9. The van der Waals surface area contributed by atoms with Gasteiger partial charge in [-0.25, -0.2) is 9.59 Å². The average molecular weight is 570 g/mol. The molecule has 3 N–H and O–H groups in total. The Kier molecular flexibility index (Phi) is 7.63. The van der Waals surface area contributed by atoms with Crippen molar-refractivity contribution < 1.29 is 24.2 Å². The zero-order valence-corrected chi connectivity index (χ0v) is 23.4. The molecule has 1 aliphatic rings. The van der Waals surface area contributed by atoms with Crippen LogP contribution in [0.5, 0.6) is 0 Å². The molecule has 214 valence electrons. The highest BCUT2D eigenvalue weighted by Crippen LogP contribution is 2.45. The van der Waals surface area contributed by atoms with Crippen molar-refractivity contribution in [3.05, 3.63) is 167 Å². The number of carbonyl (C=O) groups excluding carboxylic acids is 1. The molecule has 43 heavy (non-hydrogen) atoms. The minimum absolute atomic E-state index is 0.0553. The zero-order valence-electron chi connectivity index (χ0n) is 23.4. The van der Waals surface area contributed by atoms with Gasteiger partial charge in [0.25, 0.3) is 0 Å². The number of carboxylic acids is 1. The van der Waals surface area contributed by atoms with E-state index in [9.17, 15) is 14.7 Å². The molecule has 0 saturated heterocycles. The summed E-state index contributed by atoms with van der Waals surface area (Å²) in [6.07, 6.45) is 0. The first kappa shape index (κ1) is 28.1. The number of nitrogens with two attached hydrogens (primary N) is 1. The summed E-state index contributed by atoms with van der Waals surface area (Å²) >= 11 is 0. The van der Waals surface area contributed by atoms with Crippen LogP contribution in [0, 0.1) is 0 Å². The van der Waals surface area contributed by atoms with Crippen LogP contribution in [0.1, 0.15) is 33.7 Å². The summed E-state index contributed by atoms with van der Waals surface area (Å²) in [4.78, 5) is 26.3. The van der Waals surface area contributed by atoms with E-state index in [-0.39, 0.29) is 12.5 Å². The first-order valence-corrected chi connectivity index (χ1v) is 14.1. The lowest BCUT2D eigenvalue weighted by atomic mass is 9.80. The number of carbonyl (C=O) groups is 2. The first-order valence-electron chi connectivity index (χ1n) is 14.1.